The molecule has 1 aliphatic rings. The van der Waals surface area contributed by atoms with E-state index >= 15 is 0 Å². The zero-order valence-electron chi connectivity index (χ0n) is 10.3. The highest BCUT2D eigenvalue weighted by molar-refractivity contribution is 7.99. The zero-order valence-corrected chi connectivity index (χ0v) is 11.9. The van der Waals surface area contributed by atoms with Crippen LogP contribution in [0, 0.1) is 5.92 Å². The summed E-state index contributed by atoms with van der Waals surface area (Å²) in [6.45, 7) is 3.06. The van der Waals surface area contributed by atoms with Gasteiger partial charge in [0.25, 0.3) is 0 Å². The first-order chi connectivity index (χ1) is 8.26. The highest BCUT2D eigenvalue weighted by Crippen LogP contribution is 2.38. The summed E-state index contributed by atoms with van der Waals surface area (Å²) in [7, 11) is 1.78. The fourth-order valence-electron chi connectivity index (χ4n) is 2.22. The number of thioether (sulfide) groups is 1. The number of piperidine rings is 1. The standard InChI is InChI=1S/C11H19N3OS2/c1-15-7-8-3-5-14(6-4-8)11-9(16-2)10(12)13-17-11/h8H,3-7H2,1-2H3,(H2,12,13). The molecule has 2 heterocycles. The first kappa shape index (κ1) is 13.0. The van der Waals surface area contributed by atoms with Crippen LogP contribution in [0.15, 0.2) is 4.90 Å². The van der Waals surface area contributed by atoms with Crippen molar-refractivity contribution in [3.8, 4) is 0 Å². The van der Waals surface area contributed by atoms with Crippen molar-refractivity contribution in [1.29, 1.82) is 0 Å². The van der Waals surface area contributed by atoms with Crippen LogP contribution in [0.2, 0.25) is 0 Å². The van der Waals surface area contributed by atoms with E-state index in [-0.39, 0.29) is 0 Å². The van der Waals surface area contributed by atoms with Gasteiger partial charge in [0.05, 0.1) is 4.90 Å². The quantitative estimate of drug-likeness (QED) is 0.853. The summed E-state index contributed by atoms with van der Waals surface area (Å²) >= 11 is 3.21. The molecule has 0 bridgehead atoms. The van der Waals surface area contributed by atoms with Gasteiger partial charge in [-0.1, -0.05) is 0 Å². The van der Waals surface area contributed by atoms with E-state index in [0.29, 0.717) is 11.7 Å². The molecule has 0 saturated carbocycles. The summed E-state index contributed by atoms with van der Waals surface area (Å²) in [5.41, 5.74) is 5.87. The van der Waals surface area contributed by atoms with Crippen molar-refractivity contribution in [2.45, 2.75) is 17.7 Å². The van der Waals surface area contributed by atoms with Crippen molar-refractivity contribution < 1.29 is 4.74 Å². The molecule has 17 heavy (non-hydrogen) atoms. The number of nitrogens with two attached hydrogens (primary N) is 1. The van der Waals surface area contributed by atoms with Crippen molar-refractivity contribution in [3.63, 3.8) is 0 Å². The maximum atomic E-state index is 5.87. The molecule has 1 fully saturated rings. The van der Waals surface area contributed by atoms with Gasteiger partial charge in [0.1, 0.15) is 5.00 Å². The summed E-state index contributed by atoms with van der Waals surface area (Å²) in [4.78, 5) is 3.55. The predicted octanol–water partition coefficient (Wildman–Crippen LogP) is 2.31. The van der Waals surface area contributed by atoms with Gasteiger partial charge in [-0.05, 0) is 36.5 Å². The van der Waals surface area contributed by atoms with Crippen molar-refractivity contribution in [1.82, 2.24) is 4.37 Å². The Hall–Kier alpha value is -0.460. The summed E-state index contributed by atoms with van der Waals surface area (Å²) in [5, 5.41) is 1.24. The lowest BCUT2D eigenvalue weighted by atomic mass is 9.98. The van der Waals surface area contributed by atoms with Gasteiger partial charge in [-0.2, -0.15) is 4.37 Å². The number of aromatic nitrogens is 1. The van der Waals surface area contributed by atoms with Crippen molar-refractivity contribution >= 4 is 34.1 Å². The topological polar surface area (TPSA) is 51.4 Å². The van der Waals surface area contributed by atoms with Crippen LogP contribution in [0.3, 0.4) is 0 Å². The molecule has 2 rings (SSSR count). The lowest BCUT2D eigenvalue weighted by Crippen LogP contribution is -2.34. The molecule has 0 radical (unpaired) electrons. The summed E-state index contributed by atoms with van der Waals surface area (Å²) in [6, 6.07) is 0. The van der Waals surface area contributed by atoms with Gasteiger partial charge in [0.15, 0.2) is 5.82 Å². The third-order valence-corrected chi connectivity index (χ3v) is 5.03. The average molecular weight is 273 g/mol. The number of rotatable bonds is 4. The van der Waals surface area contributed by atoms with Crippen LogP contribution in [0.4, 0.5) is 10.8 Å². The van der Waals surface area contributed by atoms with E-state index in [1.807, 2.05) is 0 Å². The van der Waals surface area contributed by atoms with E-state index in [1.165, 1.54) is 29.4 Å². The molecule has 0 aromatic carbocycles. The number of anilines is 2. The van der Waals surface area contributed by atoms with Crippen molar-refractivity contribution in [2.75, 3.05) is 43.7 Å². The molecular weight excluding hydrogens is 254 g/mol. The van der Waals surface area contributed by atoms with Gasteiger partial charge in [-0.25, -0.2) is 0 Å². The molecule has 0 spiro atoms. The lowest BCUT2D eigenvalue weighted by Gasteiger charge is -2.32. The van der Waals surface area contributed by atoms with E-state index in [4.69, 9.17) is 10.5 Å². The summed E-state index contributed by atoms with van der Waals surface area (Å²) in [6.07, 6.45) is 4.44. The number of hydrogen-bond acceptors (Lipinski definition) is 6. The Kier molecular flexibility index (Phi) is 4.53. The Morgan fingerprint density at radius 2 is 2.24 bits per heavy atom. The third-order valence-electron chi connectivity index (χ3n) is 3.17. The minimum Gasteiger partial charge on any atom is -0.384 e. The predicted molar refractivity (Wildman–Crippen MR) is 75.1 cm³/mol. The van der Waals surface area contributed by atoms with Crippen molar-refractivity contribution in [2.24, 2.45) is 5.92 Å². The normalized spacial score (nSPS) is 17.6. The molecule has 0 amide bonds. The molecule has 2 N–H and O–H groups in total. The van der Waals surface area contributed by atoms with Crippen molar-refractivity contribution in [3.05, 3.63) is 0 Å². The minimum absolute atomic E-state index is 0.677. The smallest absolute Gasteiger partial charge is 0.153 e. The molecule has 0 aliphatic carbocycles. The fraction of sp³-hybridized carbons (Fsp3) is 0.727. The van der Waals surface area contributed by atoms with Crippen LogP contribution in [0.5, 0.6) is 0 Å². The monoisotopic (exact) mass is 273 g/mol. The molecule has 0 atom stereocenters. The lowest BCUT2D eigenvalue weighted by molar-refractivity contribution is 0.139. The first-order valence-corrected chi connectivity index (χ1v) is 7.79. The van der Waals surface area contributed by atoms with Gasteiger partial charge in [-0.15, -0.1) is 11.8 Å². The molecule has 4 nitrogen and oxygen atoms in total. The molecule has 6 heteroatoms. The average Bonchev–Trinajstić information content (AvgIpc) is 2.72. The van der Waals surface area contributed by atoms with Crippen LogP contribution < -0.4 is 10.6 Å². The maximum absolute atomic E-state index is 5.87. The molecule has 1 saturated heterocycles. The fourth-order valence-corrected chi connectivity index (χ4v) is 3.96. The zero-order chi connectivity index (χ0) is 12.3. The number of nitrogens with zero attached hydrogens (tertiary/aromatic N) is 2. The molecular formula is C11H19N3OS2. The Morgan fingerprint density at radius 3 is 2.82 bits per heavy atom. The number of nitrogen functional groups attached to an aromatic ring is 1. The largest absolute Gasteiger partial charge is 0.384 e. The molecule has 1 aromatic heterocycles. The second kappa shape index (κ2) is 5.93. The highest BCUT2D eigenvalue weighted by atomic mass is 32.2. The van der Waals surface area contributed by atoms with E-state index in [0.717, 1.165) is 24.6 Å². The third kappa shape index (κ3) is 2.86. The number of hydrogen-bond donors (Lipinski definition) is 1. The minimum atomic E-state index is 0.677. The Morgan fingerprint density at radius 1 is 1.53 bits per heavy atom. The van der Waals surface area contributed by atoms with Gasteiger partial charge >= 0.3 is 0 Å². The van der Waals surface area contributed by atoms with E-state index < -0.39 is 0 Å². The van der Waals surface area contributed by atoms with Crippen LogP contribution in [0.25, 0.3) is 0 Å². The van der Waals surface area contributed by atoms with Gasteiger partial charge in [0.2, 0.25) is 0 Å². The first-order valence-electron chi connectivity index (χ1n) is 5.79. The van der Waals surface area contributed by atoms with E-state index in [9.17, 15) is 0 Å². The van der Waals surface area contributed by atoms with Crippen LogP contribution in [0.1, 0.15) is 12.8 Å². The molecule has 1 aromatic rings. The van der Waals surface area contributed by atoms with Crippen LogP contribution >= 0.6 is 23.3 Å². The van der Waals surface area contributed by atoms with Gasteiger partial charge in [0, 0.05) is 26.8 Å². The molecule has 0 unspecified atom stereocenters. The Balaban J connectivity index is 2.00. The SMILES string of the molecule is COCC1CCN(c2snc(N)c2SC)CC1. The molecule has 1 aliphatic heterocycles. The summed E-state index contributed by atoms with van der Waals surface area (Å²) < 4.78 is 9.47. The number of methoxy groups -OCH3 is 1. The van der Waals surface area contributed by atoms with E-state index in [1.54, 1.807) is 18.9 Å². The second-order valence-corrected chi connectivity index (χ2v) is 5.86. The number of ether oxygens (including phenoxy) is 1. The van der Waals surface area contributed by atoms with Crippen LogP contribution in [-0.2, 0) is 4.74 Å². The molecule has 96 valence electrons. The Labute approximate surface area is 111 Å². The van der Waals surface area contributed by atoms with Gasteiger partial charge < -0.3 is 15.4 Å². The summed E-state index contributed by atoms with van der Waals surface area (Å²) in [5.74, 6) is 1.38. The van der Waals surface area contributed by atoms with Gasteiger partial charge in [-0.3, -0.25) is 0 Å². The Bertz CT molecular complexity index is 362. The maximum Gasteiger partial charge on any atom is 0.153 e. The highest BCUT2D eigenvalue weighted by Gasteiger charge is 2.23. The van der Waals surface area contributed by atoms with Crippen LogP contribution in [-0.4, -0.2) is 37.4 Å². The van der Waals surface area contributed by atoms with E-state index in [2.05, 4.69) is 15.5 Å². The second-order valence-electron chi connectivity index (χ2n) is 4.29.